The monoisotopic (exact) mass is 680 g/mol. The van der Waals surface area contributed by atoms with Crippen LogP contribution in [0.3, 0.4) is 0 Å². The molecule has 0 amide bonds. The number of methoxy groups -OCH3 is 10. The van der Waals surface area contributed by atoms with E-state index in [-0.39, 0.29) is 0 Å². The zero-order valence-corrected chi connectivity index (χ0v) is 29.9. The standard InChI is InChI=1S/C40H40O10/c1-41-31-11-22-24-14-36(46-6)26(16-35(24)45-5)28-18-40(50-10)30(20-39(28)49-9)29-19-37(47-7)27(17-38(29)48-8)25-15-33(43-3)23(13-34(25)44-4)21(31)12-32(22)42-2/h11-20H,1-10H3. The fourth-order valence-corrected chi connectivity index (χ4v) is 6.59. The first-order valence-electron chi connectivity index (χ1n) is 15.6. The third kappa shape index (κ3) is 5.46. The molecule has 5 aromatic rings. The van der Waals surface area contributed by atoms with E-state index in [0.29, 0.717) is 57.5 Å². The van der Waals surface area contributed by atoms with Crippen molar-refractivity contribution in [3.63, 3.8) is 0 Å². The average molecular weight is 681 g/mol. The molecule has 0 atom stereocenters. The highest BCUT2D eigenvalue weighted by atomic mass is 16.5. The summed E-state index contributed by atoms with van der Waals surface area (Å²) in [5.41, 5.74) is 7.25. The van der Waals surface area contributed by atoms with E-state index in [1.54, 1.807) is 71.1 Å². The molecule has 0 saturated carbocycles. The first kappa shape index (κ1) is 34.0. The molecule has 10 bridgehead atoms. The van der Waals surface area contributed by atoms with Crippen LogP contribution in [0.5, 0.6) is 57.5 Å². The molecule has 0 fully saturated rings. The van der Waals surface area contributed by atoms with Crippen LogP contribution < -0.4 is 47.4 Å². The minimum Gasteiger partial charge on any atom is -0.496 e. The van der Waals surface area contributed by atoms with Crippen LogP contribution in [-0.2, 0) is 0 Å². The fraction of sp³-hybridized carbons (Fsp3) is 0.250. The zero-order chi connectivity index (χ0) is 35.7. The van der Waals surface area contributed by atoms with Gasteiger partial charge in [0.25, 0.3) is 0 Å². The molecule has 0 aliphatic heterocycles. The second kappa shape index (κ2) is 13.9. The van der Waals surface area contributed by atoms with Gasteiger partial charge in [-0.3, -0.25) is 0 Å². The number of hydrogen-bond acceptors (Lipinski definition) is 10. The third-order valence-corrected chi connectivity index (χ3v) is 9.06. The number of rotatable bonds is 10. The highest BCUT2D eigenvalue weighted by molar-refractivity contribution is 5.94. The molecule has 0 unspecified atom stereocenters. The Morgan fingerprint density at radius 1 is 0.180 bits per heavy atom. The molecule has 0 N–H and O–H groups in total. The van der Waals surface area contributed by atoms with E-state index in [0.717, 1.165) is 55.6 Å². The van der Waals surface area contributed by atoms with Crippen molar-refractivity contribution < 1.29 is 47.4 Å². The fourth-order valence-electron chi connectivity index (χ4n) is 6.59. The Labute approximate surface area is 291 Å². The third-order valence-electron chi connectivity index (χ3n) is 9.06. The Bertz CT molecular complexity index is 1590. The van der Waals surface area contributed by atoms with Crippen LogP contribution in [0, 0.1) is 0 Å². The summed E-state index contributed by atoms with van der Waals surface area (Å²) in [5, 5.41) is 0. The maximum absolute atomic E-state index is 6.01. The van der Waals surface area contributed by atoms with Gasteiger partial charge in [0.1, 0.15) is 57.5 Å². The van der Waals surface area contributed by atoms with Gasteiger partial charge < -0.3 is 47.4 Å². The van der Waals surface area contributed by atoms with Crippen LogP contribution in [0.4, 0.5) is 0 Å². The average Bonchev–Trinajstić information content (AvgIpc) is 3.17. The van der Waals surface area contributed by atoms with E-state index in [2.05, 4.69) is 0 Å². The lowest BCUT2D eigenvalue weighted by molar-refractivity contribution is 0.396. The molecule has 5 aromatic carbocycles. The molecule has 18 rings (SSSR count). The van der Waals surface area contributed by atoms with Crippen molar-refractivity contribution >= 4 is 0 Å². The summed E-state index contributed by atoms with van der Waals surface area (Å²) in [4.78, 5) is 0. The van der Waals surface area contributed by atoms with Crippen molar-refractivity contribution in [3.8, 4) is 113 Å². The quantitative estimate of drug-likeness (QED) is 0.140. The number of hydrogen-bond donors (Lipinski definition) is 0. The van der Waals surface area contributed by atoms with Crippen molar-refractivity contribution in [2.45, 2.75) is 0 Å². The lowest BCUT2D eigenvalue weighted by Gasteiger charge is -2.23. The minimum absolute atomic E-state index is 0.569. The SMILES string of the molecule is COc1cc2c(OC)cc1-c1cc(OC)c(cc1OC)-c1cc(OC)c(cc1OC)-c1cc(OC)c(cc1OC)-c1cc(OC)c-2cc1OC. The Kier molecular flexibility index (Phi) is 9.46. The second-order valence-corrected chi connectivity index (χ2v) is 11.3. The van der Waals surface area contributed by atoms with E-state index in [4.69, 9.17) is 47.4 Å². The molecule has 13 aliphatic carbocycles. The van der Waals surface area contributed by atoms with E-state index in [1.807, 2.05) is 60.7 Å². The maximum Gasteiger partial charge on any atom is 0.127 e. The Morgan fingerprint density at radius 2 is 0.260 bits per heavy atom. The molecule has 0 radical (unpaired) electrons. The molecule has 0 heterocycles. The largest absolute Gasteiger partial charge is 0.496 e. The summed E-state index contributed by atoms with van der Waals surface area (Å²) in [6.07, 6.45) is 0. The van der Waals surface area contributed by atoms with Gasteiger partial charge in [0.15, 0.2) is 0 Å². The molecule has 0 spiro atoms. The second-order valence-electron chi connectivity index (χ2n) is 11.3. The molecular weight excluding hydrogens is 640 g/mol. The zero-order valence-electron chi connectivity index (χ0n) is 29.9. The van der Waals surface area contributed by atoms with Crippen molar-refractivity contribution in [2.24, 2.45) is 0 Å². The maximum atomic E-state index is 6.01. The summed E-state index contributed by atoms with van der Waals surface area (Å²) in [6, 6.07) is 19.1. The van der Waals surface area contributed by atoms with Crippen LogP contribution in [0.25, 0.3) is 55.6 Å². The first-order chi connectivity index (χ1) is 24.3. The summed E-state index contributed by atoms with van der Waals surface area (Å²) >= 11 is 0. The van der Waals surface area contributed by atoms with Crippen LogP contribution in [-0.4, -0.2) is 71.1 Å². The summed E-state index contributed by atoms with van der Waals surface area (Å²) < 4.78 is 60.1. The summed E-state index contributed by atoms with van der Waals surface area (Å²) in [6.45, 7) is 0. The van der Waals surface area contributed by atoms with Crippen molar-refractivity contribution in [1.82, 2.24) is 0 Å². The normalized spacial score (nSPS) is 11.0. The van der Waals surface area contributed by atoms with Gasteiger partial charge in [0.05, 0.1) is 71.1 Å². The lowest BCUT2D eigenvalue weighted by atomic mass is 9.90. The van der Waals surface area contributed by atoms with Gasteiger partial charge in [0.2, 0.25) is 0 Å². The van der Waals surface area contributed by atoms with Gasteiger partial charge in [-0.15, -0.1) is 0 Å². The Balaban J connectivity index is 1.85. The highest BCUT2D eigenvalue weighted by Gasteiger charge is 2.27. The van der Waals surface area contributed by atoms with E-state index in [9.17, 15) is 0 Å². The van der Waals surface area contributed by atoms with Crippen molar-refractivity contribution in [2.75, 3.05) is 71.1 Å². The first-order valence-corrected chi connectivity index (χ1v) is 15.6. The van der Waals surface area contributed by atoms with Crippen LogP contribution in [0.15, 0.2) is 60.7 Å². The highest BCUT2D eigenvalue weighted by Crippen LogP contribution is 2.54. The van der Waals surface area contributed by atoms with Gasteiger partial charge in [0, 0.05) is 55.6 Å². The minimum atomic E-state index is 0.569. The van der Waals surface area contributed by atoms with Gasteiger partial charge in [-0.25, -0.2) is 0 Å². The van der Waals surface area contributed by atoms with Gasteiger partial charge in [-0.1, -0.05) is 0 Å². The van der Waals surface area contributed by atoms with Gasteiger partial charge in [-0.05, 0) is 60.7 Å². The molecule has 0 aromatic heterocycles. The Morgan fingerprint density at radius 3 is 0.320 bits per heavy atom. The lowest BCUT2D eigenvalue weighted by Crippen LogP contribution is -2.01. The Hall–Kier alpha value is -5.90. The molecule has 260 valence electrons. The predicted molar refractivity (Wildman–Crippen MR) is 193 cm³/mol. The van der Waals surface area contributed by atoms with Gasteiger partial charge in [-0.2, -0.15) is 0 Å². The van der Waals surface area contributed by atoms with Crippen LogP contribution in [0.1, 0.15) is 0 Å². The predicted octanol–water partition coefficient (Wildman–Crippen LogP) is 8.42. The van der Waals surface area contributed by atoms with E-state index in [1.165, 1.54) is 0 Å². The molecular formula is C40H40O10. The molecule has 0 saturated heterocycles. The van der Waals surface area contributed by atoms with E-state index < -0.39 is 0 Å². The topological polar surface area (TPSA) is 92.3 Å². The molecule has 10 heteroatoms. The molecule has 13 aliphatic rings. The van der Waals surface area contributed by atoms with Gasteiger partial charge >= 0.3 is 0 Å². The molecule has 10 nitrogen and oxygen atoms in total. The summed E-state index contributed by atoms with van der Waals surface area (Å²) in [7, 11) is 16.2. The van der Waals surface area contributed by atoms with Crippen molar-refractivity contribution in [1.29, 1.82) is 0 Å². The molecule has 50 heavy (non-hydrogen) atoms. The number of ether oxygens (including phenoxy) is 10. The van der Waals surface area contributed by atoms with Crippen molar-refractivity contribution in [3.05, 3.63) is 60.7 Å². The smallest absolute Gasteiger partial charge is 0.127 e. The van der Waals surface area contributed by atoms with Crippen LogP contribution in [0.2, 0.25) is 0 Å². The van der Waals surface area contributed by atoms with Crippen LogP contribution >= 0.6 is 0 Å². The number of benzene rings is 5. The van der Waals surface area contributed by atoms with E-state index >= 15 is 0 Å². The summed E-state index contributed by atoms with van der Waals surface area (Å²) in [5.74, 6) is 5.69.